The van der Waals surface area contributed by atoms with Crippen LogP contribution in [0, 0.1) is 17.5 Å². The van der Waals surface area contributed by atoms with E-state index in [1.54, 1.807) is 11.3 Å². The van der Waals surface area contributed by atoms with Crippen LogP contribution in [0.5, 0.6) is 0 Å². The Morgan fingerprint density at radius 3 is 2.56 bits per heavy atom. The summed E-state index contributed by atoms with van der Waals surface area (Å²) >= 11 is 1.57. The third kappa shape index (κ3) is 6.20. The van der Waals surface area contributed by atoms with Crippen molar-refractivity contribution in [1.29, 1.82) is 0 Å². The Hall–Kier alpha value is -1.82. The van der Waals surface area contributed by atoms with Gasteiger partial charge < -0.3 is 16.0 Å². The molecular weight excluding hydrogens is 468 g/mol. The van der Waals surface area contributed by atoms with Gasteiger partial charge in [0.1, 0.15) is 0 Å². The second-order valence-corrected chi connectivity index (χ2v) is 5.66. The molecule has 0 unspecified atom stereocenters. The van der Waals surface area contributed by atoms with E-state index in [0.29, 0.717) is 12.5 Å². The summed E-state index contributed by atoms with van der Waals surface area (Å²) < 4.78 is 39.4. The molecular formula is C15H16F3IN4OS. The number of rotatable bonds is 5. The summed E-state index contributed by atoms with van der Waals surface area (Å²) in [5, 5.41) is 9.85. The first-order valence-corrected chi connectivity index (χ1v) is 7.79. The fourth-order valence-electron chi connectivity index (χ4n) is 1.79. The fraction of sp³-hybridized carbons (Fsp3) is 0.200. The highest BCUT2D eigenvalue weighted by Gasteiger charge is 2.15. The lowest BCUT2D eigenvalue weighted by Gasteiger charge is -2.12. The Kier molecular flexibility index (Phi) is 8.69. The zero-order chi connectivity index (χ0) is 17.5. The Morgan fingerprint density at radius 2 is 1.92 bits per heavy atom. The number of aliphatic imine (C=N–C) groups is 1. The molecule has 1 aromatic heterocycles. The number of carbonyl (C=O) groups excluding carboxylic acids is 1. The number of benzene rings is 1. The van der Waals surface area contributed by atoms with E-state index in [1.165, 1.54) is 7.05 Å². The van der Waals surface area contributed by atoms with Crippen molar-refractivity contribution in [3.8, 4) is 0 Å². The molecule has 0 fully saturated rings. The van der Waals surface area contributed by atoms with Gasteiger partial charge in [-0.2, -0.15) is 0 Å². The molecule has 25 heavy (non-hydrogen) atoms. The first-order chi connectivity index (χ1) is 11.5. The van der Waals surface area contributed by atoms with Gasteiger partial charge in [0.15, 0.2) is 23.4 Å². The van der Waals surface area contributed by atoms with Gasteiger partial charge in [0.05, 0.1) is 18.8 Å². The number of carbonyl (C=O) groups is 1. The van der Waals surface area contributed by atoms with Gasteiger partial charge in [-0.25, -0.2) is 13.2 Å². The smallest absolute Gasteiger partial charge is 0.243 e. The van der Waals surface area contributed by atoms with Crippen molar-refractivity contribution in [2.45, 2.75) is 6.54 Å². The highest BCUT2D eigenvalue weighted by atomic mass is 127. The van der Waals surface area contributed by atoms with E-state index in [2.05, 4.69) is 20.9 Å². The Balaban J connectivity index is 0.00000312. The van der Waals surface area contributed by atoms with Gasteiger partial charge in [0.25, 0.3) is 0 Å². The summed E-state index contributed by atoms with van der Waals surface area (Å²) in [7, 11) is 1.54. The van der Waals surface area contributed by atoms with Crippen LogP contribution in [0.2, 0.25) is 0 Å². The van der Waals surface area contributed by atoms with Crippen LogP contribution in [0.1, 0.15) is 4.88 Å². The van der Waals surface area contributed by atoms with Crippen molar-refractivity contribution in [3.05, 3.63) is 52.0 Å². The second kappa shape index (κ2) is 10.2. The number of amides is 1. The number of thiophene rings is 1. The summed E-state index contributed by atoms with van der Waals surface area (Å²) in [4.78, 5) is 16.8. The standard InChI is InChI=1S/C15H15F3N4OS.HI/c1-19-15(20-7-9-3-2-6-24-9)21-8-12(23)22-11-5-4-10(16)13(17)14(11)18;/h2-6H,7-8H2,1H3,(H,22,23)(H2,19,20,21);1H. The monoisotopic (exact) mass is 484 g/mol. The van der Waals surface area contributed by atoms with Gasteiger partial charge in [-0.15, -0.1) is 35.3 Å². The van der Waals surface area contributed by atoms with E-state index in [0.717, 1.165) is 17.0 Å². The zero-order valence-corrected chi connectivity index (χ0v) is 16.3. The molecule has 0 radical (unpaired) electrons. The number of hydrogen-bond acceptors (Lipinski definition) is 3. The summed E-state index contributed by atoms with van der Waals surface area (Å²) in [5.74, 6) is -4.64. The van der Waals surface area contributed by atoms with Crippen molar-refractivity contribution in [2.24, 2.45) is 4.99 Å². The Bertz CT molecular complexity index is 741. The van der Waals surface area contributed by atoms with Crippen molar-refractivity contribution >= 4 is 52.9 Å². The Morgan fingerprint density at radius 1 is 1.16 bits per heavy atom. The maximum absolute atomic E-state index is 13.5. The topological polar surface area (TPSA) is 65.5 Å². The predicted octanol–water partition coefficient (Wildman–Crippen LogP) is 3.09. The normalized spacial score (nSPS) is 10.8. The summed E-state index contributed by atoms with van der Waals surface area (Å²) in [6, 6.07) is 5.56. The van der Waals surface area contributed by atoms with E-state index >= 15 is 0 Å². The molecule has 5 nitrogen and oxygen atoms in total. The maximum Gasteiger partial charge on any atom is 0.243 e. The van der Waals surface area contributed by atoms with Crippen LogP contribution in [-0.2, 0) is 11.3 Å². The number of nitrogens with one attached hydrogen (secondary N) is 3. The maximum atomic E-state index is 13.5. The molecule has 2 aromatic rings. The molecule has 0 aliphatic heterocycles. The van der Waals surface area contributed by atoms with Gasteiger partial charge >= 0.3 is 0 Å². The minimum Gasteiger partial charge on any atom is -0.352 e. The van der Waals surface area contributed by atoms with E-state index in [9.17, 15) is 18.0 Å². The molecule has 1 heterocycles. The number of guanidine groups is 1. The predicted molar refractivity (Wildman–Crippen MR) is 103 cm³/mol. The second-order valence-electron chi connectivity index (χ2n) is 4.63. The molecule has 1 aromatic carbocycles. The summed E-state index contributed by atoms with van der Waals surface area (Å²) in [6.07, 6.45) is 0. The third-order valence-electron chi connectivity index (χ3n) is 2.96. The van der Waals surface area contributed by atoms with Gasteiger partial charge in [0.2, 0.25) is 5.91 Å². The quantitative estimate of drug-likeness (QED) is 0.265. The first-order valence-electron chi connectivity index (χ1n) is 6.91. The summed E-state index contributed by atoms with van der Waals surface area (Å²) in [5.41, 5.74) is -0.428. The van der Waals surface area contributed by atoms with E-state index in [-0.39, 0.29) is 30.5 Å². The lowest BCUT2D eigenvalue weighted by molar-refractivity contribution is -0.115. The van der Waals surface area contributed by atoms with Crippen LogP contribution in [0.25, 0.3) is 0 Å². The minimum absolute atomic E-state index is 0. The molecule has 0 saturated carbocycles. The van der Waals surface area contributed by atoms with Crippen molar-refractivity contribution in [3.63, 3.8) is 0 Å². The van der Waals surface area contributed by atoms with Crippen molar-refractivity contribution < 1.29 is 18.0 Å². The van der Waals surface area contributed by atoms with E-state index in [4.69, 9.17) is 0 Å². The van der Waals surface area contributed by atoms with E-state index in [1.807, 2.05) is 17.5 Å². The lowest BCUT2D eigenvalue weighted by Crippen LogP contribution is -2.41. The van der Waals surface area contributed by atoms with Gasteiger partial charge in [-0.1, -0.05) is 6.07 Å². The summed E-state index contributed by atoms with van der Waals surface area (Å²) in [6.45, 7) is 0.319. The first kappa shape index (κ1) is 21.2. The Labute approximate surface area is 163 Å². The van der Waals surface area contributed by atoms with Crippen LogP contribution in [-0.4, -0.2) is 25.5 Å². The van der Waals surface area contributed by atoms with Crippen LogP contribution in [0.15, 0.2) is 34.6 Å². The largest absolute Gasteiger partial charge is 0.352 e. The van der Waals surface area contributed by atoms with Crippen molar-refractivity contribution in [1.82, 2.24) is 10.6 Å². The van der Waals surface area contributed by atoms with Crippen LogP contribution >= 0.6 is 35.3 Å². The third-order valence-corrected chi connectivity index (χ3v) is 3.84. The van der Waals surface area contributed by atoms with Crippen LogP contribution in [0.3, 0.4) is 0 Å². The average molecular weight is 484 g/mol. The molecule has 0 atom stereocenters. The minimum atomic E-state index is -1.63. The van der Waals surface area contributed by atoms with Crippen LogP contribution in [0.4, 0.5) is 18.9 Å². The number of nitrogens with zero attached hydrogens (tertiary/aromatic N) is 1. The van der Waals surface area contributed by atoms with Gasteiger partial charge in [-0.3, -0.25) is 9.79 Å². The molecule has 10 heteroatoms. The molecule has 3 N–H and O–H groups in total. The molecule has 0 aliphatic carbocycles. The van der Waals surface area contributed by atoms with E-state index < -0.39 is 29.0 Å². The molecule has 136 valence electrons. The molecule has 1 amide bonds. The van der Waals surface area contributed by atoms with Crippen LogP contribution < -0.4 is 16.0 Å². The zero-order valence-electron chi connectivity index (χ0n) is 13.1. The number of anilines is 1. The SMILES string of the molecule is CN=C(NCC(=O)Nc1ccc(F)c(F)c1F)NCc1cccs1.I. The molecule has 2 rings (SSSR count). The molecule has 0 aliphatic rings. The molecule has 0 bridgehead atoms. The fourth-order valence-corrected chi connectivity index (χ4v) is 2.43. The molecule has 0 spiro atoms. The van der Waals surface area contributed by atoms with Crippen molar-refractivity contribution in [2.75, 3.05) is 18.9 Å². The molecule has 0 saturated heterocycles. The van der Waals surface area contributed by atoms with Gasteiger partial charge in [-0.05, 0) is 23.6 Å². The van der Waals surface area contributed by atoms with Gasteiger partial charge in [0, 0.05) is 11.9 Å². The highest BCUT2D eigenvalue weighted by molar-refractivity contribution is 14.0. The highest BCUT2D eigenvalue weighted by Crippen LogP contribution is 2.19. The number of halogens is 4. The average Bonchev–Trinajstić information content (AvgIpc) is 3.09. The lowest BCUT2D eigenvalue weighted by atomic mass is 10.2. The number of hydrogen-bond donors (Lipinski definition) is 3.